The van der Waals surface area contributed by atoms with Crippen molar-refractivity contribution in [3.8, 4) is 0 Å². The van der Waals surface area contributed by atoms with Crippen molar-refractivity contribution in [1.82, 2.24) is 9.88 Å². The molecule has 0 saturated carbocycles. The van der Waals surface area contributed by atoms with Crippen molar-refractivity contribution in [3.63, 3.8) is 0 Å². The number of hydrogen-bond acceptors (Lipinski definition) is 3. The lowest BCUT2D eigenvalue weighted by atomic mass is 9.85. The summed E-state index contributed by atoms with van der Waals surface area (Å²) in [6, 6.07) is 4.31. The first kappa shape index (κ1) is 15.3. The van der Waals surface area contributed by atoms with Gasteiger partial charge in [0.05, 0.1) is 0 Å². The van der Waals surface area contributed by atoms with Crippen LogP contribution in [0.3, 0.4) is 0 Å². The molecule has 0 radical (unpaired) electrons. The highest BCUT2D eigenvalue weighted by atomic mass is 15.1. The number of rotatable bonds is 5. The molecule has 1 N–H and O–H groups in total. The molecule has 1 aliphatic heterocycles. The number of aromatic nitrogens is 1. The van der Waals surface area contributed by atoms with Gasteiger partial charge >= 0.3 is 0 Å². The van der Waals surface area contributed by atoms with E-state index < -0.39 is 0 Å². The molecule has 1 aromatic heterocycles. The summed E-state index contributed by atoms with van der Waals surface area (Å²) in [5, 5.41) is 3.32. The average molecular weight is 275 g/mol. The molecule has 1 fully saturated rings. The van der Waals surface area contributed by atoms with Gasteiger partial charge in [-0.3, -0.25) is 4.90 Å². The first-order valence-electron chi connectivity index (χ1n) is 8.00. The van der Waals surface area contributed by atoms with Crippen LogP contribution in [0.15, 0.2) is 18.3 Å². The highest BCUT2D eigenvalue weighted by Crippen LogP contribution is 2.30. The fourth-order valence-corrected chi connectivity index (χ4v) is 2.77. The molecular formula is C17H29N3. The van der Waals surface area contributed by atoms with E-state index in [9.17, 15) is 0 Å². The zero-order valence-electron chi connectivity index (χ0n) is 13.3. The van der Waals surface area contributed by atoms with E-state index in [0.717, 1.165) is 25.3 Å². The van der Waals surface area contributed by atoms with E-state index in [-0.39, 0.29) is 0 Å². The van der Waals surface area contributed by atoms with Crippen LogP contribution in [0.1, 0.15) is 52.0 Å². The van der Waals surface area contributed by atoms with E-state index >= 15 is 0 Å². The van der Waals surface area contributed by atoms with Gasteiger partial charge in [-0.15, -0.1) is 0 Å². The second-order valence-electron chi connectivity index (χ2n) is 6.77. The normalized spacial score (nSPS) is 19.6. The Kier molecular flexibility index (Phi) is 5.41. The van der Waals surface area contributed by atoms with E-state index in [0.29, 0.717) is 5.41 Å². The van der Waals surface area contributed by atoms with Crippen molar-refractivity contribution in [2.45, 2.75) is 53.0 Å². The molecule has 0 aromatic carbocycles. The molecule has 0 spiro atoms. The van der Waals surface area contributed by atoms with Crippen LogP contribution >= 0.6 is 0 Å². The van der Waals surface area contributed by atoms with Crippen molar-refractivity contribution in [3.05, 3.63) is 23.9 Å². The molecule has 1 saturated heterocycles. The van der Waals surface area contributed by atoms with Crippen LogP contribution in [0.5, 0.6) is 0 Å². The quantitative estimate of drug-likeness (QED) is 0.883. The van der Waals surface area contributed by atoms with Gasteiger partial charge in [0.25, 0.3) is 0 Å². The fraction of sp³-hybridized carbons (Fsp3) is 0.706. The van der Waals surface area contributed by atoms with Gasteiger partial charge in [-0.2, -0.15) is 0 Å². The molecule has 3 heteroatoms. The largest absolute Gasteiger partial charge is 0.370 e. The molecular weight excluding hydrogens is 246 g/mol. The number of nitrogens with zero attached hydrogens (tertiary/aromatic N) is 2. The summed E-state index contributed by atoms with van der Waals surface area (Å²) in [6.07, 6.45) is 7.12. The number of pyridine rings is 1. The van der Waals surface area contributed by atoms with E-state index in [1.54, 1.807) is 0 Å². The summed E-state index contributed by atoms with van der Waals surface area (Å²) in [5.74, 6) is 0.993. The van der Waals surface area contributed by atoms with Crippen LogP contribution in [-0.4, -0.2) is 29.5 Å². The van der Waals surface area contributed by atoms with Gasteiger partial charge < -0.3 is 5.32 Å². The third-order valence-electron chi connectivity index (χ3n) is 4.22. The molecule has 0 aliphatic carbocycles. The highest BCUT2D eigenvalue weighted by molar-refractivity contribution is 5.35. The maximum Gasteiger partial charge on any atom is 0.125 e. The maximum atomic E-state index is 4.50. The molecule has 0 unspecified atom stereocenters. The van der Waals surface area contributed by atoms with Crippen LogP contribution in [-0.2, 0) is 6.54 Å². The highest BCUT2D eigenvalue weighted by Gasteiger charge is 2.22. The SMILES string of the molecule is CCCNc1ccc(CN2CCCC(C)(C)CC2)cn1. The van der Waals surface area contributed by atoms with Crippen molar-refractivity contribution in [1.29, 1.82) is 0 Å². The standard InChI is InChI=1S/C17H29N3/c1-4-10-18-16-7-6-15(13-19-16)14-20-11-5-8-17(2,3)9-12-20/h6-7,13H,4-5,8-12,14H2,1-3H3,(H,18,19). The van der Waals surface area contributed by atoms with Crippen LogP contribution in [0.25, 0.3) is 0 Å². The minimum Gasteiger partial charge on any atom is -0.370 e. The van der Waals surface area contributed by atoms with E-state index in [1.807, 2.05) is 6.20 Å². The smallest absolute Gasteiger partial charge is 0.125 e. The van der Waals surface area contributed by atoms with Gasteiger partial charge in [-0.05, 0) is 55.8 Å². The molecule has 0 amide bonds. The number of likely N-dealkylation sites (tertiary alicyclic amines) is 1. The van der Waals surface area contributed by atoms with Gasteiger partial charge in [0.2, 0.25) is 0 Å². The van der Waals surface area contributed by atoms with Gasteiger partial charge in [0.15, 0.2) is 0 Å². The van der Waals surface area contributed by atoms with Gasteiger partial charge in [-0.25, -0.2) is 4.98 Å². The zero-order chi connectivity index (χ0) is 14.4. The fourth-order valence-electron chi connectivity index (χ4n) is 2.77. The first-order valence-corrected chi connectivity index (χ1v) is 8.00. The van der Waals surface area contributed by atoms with Crippen LogP contribution < -0.4 is 5.32 Å². The summed E-state index contributed by atoms with van der Waals surface area (Å²) in [7, 11) is 0. The Hall–Kier alpha value is -1.09. The lowest BCUT2D eigenvalue weighted by molar-refractivity contribution is 0.255. The third kappa shape index (κ3) is 4.78. The topological polar surface area (TPSA) is 28.2 Å². The summed E-state index contributed by atoms with van der Waals surface area (Å²) >= 11 is 0. The van der Waals surface area contributed by atoms with Gasteiger partial charge in [0, 0.05) is 19.3 Å². The minimum absolute atomic E-state index is 0.515. The number of nitrogens with one attached hydrogen (secondary N) is 1. The summed E-state index contributed by atoms with van der Waals surface area (Å²) in [5.41, 5.74) is 1.84. The predicted molar refractivity (Wildman–Crippen MR) is 85.9 cm³/mol. The third-order valence-corrected chi connectivity index (χ3v) is 4.22. The van der Waals surface area contributed by atoms with Crippen molar-refractivity contribution in [2.75, 3.05) is 25.0 Å². The molecule has 112 valence electrons. The second-order valence-corrected chi connectivity index (χ2v) is 6.77. The average Bonchev–Trinajstić information content (AvgIpc) is 2.59. The predicted octanol–water partition coefficient (Wildman–Crippen LogP) is 3.92. The van der Waals surface area contributed by atoms with Gasteiger partial charge in [0.1, 0.15) is 5.82 Å². The molecule has 0 atom stereocenters. The molecule has 20 heavy (non-hydrogen) atoms. The van der Waals surface area contributed by atoms with Crippen LogP contribution in [0.4, 0.5) is 5.82 Å². The lowest BCUT2D eigenvalue weighted by Crippen LogP contribution is -2.25. The Morgan fingerprint density at radius 3 is 2.80 bits per heavy atom. The van der Waals surface area contributed by atoms with E-state index in [4.69, 9.17) is 0 Å². The first-order chi connectivity index (χ1) is 9.59. The summed E-state index contributed by atoms with van der Waals surface area (Å²) in [6.45, 7) is 11.4. The monoisotopic (exact) mass is 275 g/mol. The maximum absolute atomic E-state index is 4.50. The molecule has 2 rings (SSSR count). The molecule has 3 nitrogen and oxygen atoms in total. The Bertz CT molecular complexity index is 397. The Morgan fingerprint density at radius 2 is 2.10 bits per heavy atom. The molecule has 0 bridgehead atoms. The summed E-state index contributed by atoms with van der Waals surface area (Å²) in [4.78, 5) is 7.07. The zero-order valence-corrected chi connectivity index (χ0v) is 13.3. The number of hydrogen-bond donors (Lipinski definition) is 1. The van der Waals surface area contributed by atoms with E-state index in [2.05, 4.69) is 48.1 Å². The Balaban J connectivity index is 1.86. The second kappa shape index (κ2) is 7.07. The van der Waals surface area contributed by atoms with Crippen molar-refractivity contribution < 1.29 is 0 Å². The Morgan fingerprint density at radius 1 is 1.25 bits per heavy atom. The molecule has 1 aromatic rings. The van der Waals surface area contributed by atoms with Crippen molar-refractivity contribution >= 4 is 5.82 Å². The minimum atomic E-state index is 0.515. The van der Waals surface area contributed by atoms with Crippen molar-refractivity contribution in [2.24, 2.45) is 5.41 Å². The lowest BCUT2D eigenvalue weighted by Gasteiger charge is -2.23. The van der Waals surface area contributed by atoms with Gasteiger partial charge in [-0.1, -0.05) is 26.8 Å². The summed E-state index contributed by atoms with van der Waals surface area (Å²) < 4.78 is 0. The molecule has 1 aliphatic rings. The number of anilines is 1. The molecule has 2 heterocycles. The van der Waals surface area contributed by atoms with E-state index in [1.165, 1.54) is 37.9 Å². The van der Waals surface area contributed by atoms with Crippen LogP contribution in [0, 0.1) is 5.41 Å². The Labute approximate surface area is 123 Å². The van der Waals surface area contributed by atoms with Crippen LogP contribution in [0.2, 0.25) is 0 Å².